The fraction of sp³-hybridized carbons (Fsp3) is 0.333. The third kappa shape index (κ3) is 3.09. The molecule has 0 radical (unpaired) electrons. The van der Waals surface area contributed by atoms with Crippen molar-refractivity contribution in [1.82, 2.24) is 4.98 Å². The zero-order chi connectivity index (χ0) is 13.8. The molecule has 0 fully saturated rings. The second-order valence-corrected chi connectivity index (χ2v) is 4.81. The number of carbonyl (C=O) groups excluding carboxylic acids is 1. The summed E-state index contributed by atoms with van der Waals surface area (Å²) < 4.78 is 0. The molecule has 100 valence electrons. The van der Waals surface area contributed by atoms with E-state index in [4.69, 9.17) is 5.73 Å². The number of nitrogens with one attached hydrogen (secondary N) is 1. The number of aromatic nitrogens is 1. The molecule has 0 aliphatic rings. The lowest BCUT2D eigenvalue weighted by Crippen LogP contribution is -2.40. The van der Waals surface area contributed by atoms with Crippen molar-refractivity contribution >= 4 is 22.5 Å². The number of nitrogens with two attached hydrogens (primary N) is 1. The maximum Gasteiger partial charge on any atom is 0.241 e. The van der Waals surface area contributed by atoms with Crippen molar-refractivity contribution in [3.8, 4) is 0 Å². The van der Waals surface area contributed by atoms with Crippen LogP contribution in [-0.4, -0.2) is 16.9 Å². The fourth-order valence-electron chi connectivity index (χ4n) is 1.89. The van der Waals surface area contributed by atoms with Crippen LogP contribution >= 0.6 is 0 Å². The molecule has 0 aliphatic carbocycles. The molecule has 2 aromatic rings. The minimum absolute atomic E-state index is 0.141. The molecule has 2 atom stereocenters. The van der Waals surface area contributed by atoms with Crippen molar-refractivity contribution in [3.63, 3.8) is 0 Å². The Hall–Kier alpha value is -1.94. The van der Waals surface area contributed by atoms with Gasteiger partial charge < -0.3 is 11.1 Å². The van der Waals surface area contributed by atoms with E-state index in [1.165, 1.54) is 0 Å². The van der Waals surface area contributed by atoms with E-state index >= 15 is 0 Å². The highest BCUT2D eigenvalue weighted by Crippen LogP contribution is 2.17. The molecule has 0 saturated heterocycles. The van der Waals surface area contributed by atoms with E-state index in [0.717, 1.165) is 23.0 Å². The van der Waals surface area contributed by atoms with Crippen LogP contribution in [0.25, 0.3) is 10.9 Å². The standard InChI is InChI=1S/C15H19N3O/c1-3-10(2)14(16)15(19)18-12-6-7-13-11(9-12)5-4-8-17-13/h4-10,14H,3,16H2,1-2H3,(H,18,19). The van der Waals surface area contributed by atoms with Gasteiger partial charge in [0.1, 0.15) is 0 Å². The number of fused-ring (bicyclic) bond motifs is 1. The Labute approximate surface area is 113 Å². The highest BCUT2D eigenvalue weighted by Gasteiger charge is 2.19. The highest BCUT2D eigenvalue weighted by molar-refractivity contribution is 5.96. The quantitative estimate of drug-likeness (QED) is 0.884. The number of hydrogen-bond acceptors (Lipinski definition) is 3. The zero-order valence-electron chi connectivity index (χ0n) is 11.3. The third-order valence-corrected chi connectivity index (χ3v) is 3.43. The monoisotopic (exact) mass is 257 g/mol. The summed E-state index contributed by atoms with van der Waals surface area (Å²) in [5.74, 6) is 0.0275. The van der Waals surface area contributed by atoms with Gasteiger partial charge in [-0.3, -0.25) is 9.78 Å². The molecule has 0 bridgehead atoms. The number of carbonyl (C=O) groups is 1. The first-order valence-electron chi connectivity index (χ1n) is 6.53. The van der Waals surface area contributed by atoms with Gasteiger partial charge in [0.2, 0.25) is 5.91 Å². The molecule has 1 heterocycles. The van der Waals surface area contributed by atoms with Crippen LogP contribution in [0.15, 0.2) is 36.5 Å². The molecule has 0 aliphatic heterocycles. The first-order valence-corrected chi connectivity index (χ1v) is 6.53. The number of rotatable bonds is 4. The maximum absolute atomic E-state index is 12.0. The number of benzene rings is 1. The van der Waals surface area contributed by atoms with E-state index in [2.05, 4.69) is 10.3 Å². The number of nitrogens with zero attached hydrogens (tertiary/aromatic N) is 1. The Morgan fingerprint density at radius 3 is 2.95 bits per heavy atom. The summed E-state index contributed by atoms with van der Waals surface area (Å²) in [6.45, 7) is 4.01. The summed E-state index contributed by atoms with van der Waals surface area (Å²) in [6, 6.07) is 9.00. The molecule has 0 saturated carbocycles. The number of hydrogen-bond donors (Lipinski definition) is 2. The van der Waals surface area contributed by atoms with Crippen LogP contribution < -0.4 is 11.1 Å². The second kappa shape index (κ2) is 5.80. The number of pyridine rings is 1. The summed E-state index contributed by atoms with van der Waals surface area (Å²) in [5, 5.41) is 3.85. The molecular weight excluding hydrogens is 238 g/mol. The van der Waals surface area contributed by atoms with Gasteiger partial charge in [-0.2, -0.15) is 0 Å². The summed E-state index contributed by atoms with van der Waals surface area (Å²) in [7, 11) is 0. The Bertz CT molecular complexity index is 582. The lowest BCUT2D eigenvalue weighted by molar-refractivity contribution is -0.118. The van der Waals surface area contributed by atoms with Gasteiger partial charge in [-0.1, -0.05) is 26.3 Å². The van der Waals surface area contributed by atoms with Crippen molar-refractivity contribution in [2.24, 2.45) is 11.7 Å². The summed E-state index contributed by atoms with van der Waals surface area (Å²) in [5.41, 5.74) is 7.57. The molecule has 4 heteroatoms. The Kier molecular flexibility index (Phi) is 4.12. The van der Waals surface area contributed by atoms with E-state index in [0.29, 0.717) is 0 Å². The number of anilines is 1. The van der Waals surface area contributed by atoms with Gasteiger partial charge in [0.05, 0.1) is 11.6 Å². The van der Waals surface area contributed by atoms with E-state index in [9.17, 15) is 4.79 Å². The van der Waals surface area contributed by atoms with Crippen molar-refractivity contribution in [3.05, 3.63) is 36.5 Å². The molecule has 3 N–H and O–H groups in total. The predicted molar refractivity (Wildman–Crippen MR) is 77.8 cm³/mol. The molecule has 1 aromatic carbocycles. The average Bonchev–Trinajstić information content (AvgIpc) is 2.45. The Balaban J connectivity index is 2.15. The van der Waals surface area contributed by atoms with Crippen molar-refractivity contribution in [2.75, 3.05) is 5.32 Å². The van der Waals surface area contributed by atoms with Crippen LogP contribution in [0, 0.1) is 5.92 Å². The third-order valence-electron chi connectivity index (χ3n) is 3.43. The normalized spacial score (nSPS) is 14.1. The van der Waals surface area contributed by atoms with Gasteiger partial charge in [0.25, 0.3) is 0 Å². The van der Waals surface area contributed by atoms with E-state index < -0.39 is 6.04 Å². The molecule has 4 nitrogen and oxygen atoms in total. The van der Waals surface area contributed by atoms with Gasteiger partial charge in [-0.15, -0.1) is 0 Å². The van der Waals surface area contributed by atoms with E-state index in [-0.39, 0.29) is 11.8 Å². The topological polar surface area (TPSA) is 68.0 Å². The Morgan fingerprint density at radius 2 is 2.21 bits per heavy atom. The molecule has 0 spiro atoms. The van der Waals surface area contributed by atoms with E-state index in [1.54, 1.807) is 6.20 Å². The van der Waals surface area contributed by atoms with Crippen molar-refractivity contribution in [1.29, 1.82) is 0 Å². The molecule has 1 aromatic heterocycles. The van der Waals surface area contributed by atoms with Gasteiger partial charge in [-0.25, -0.2) is 0 Å². The summed E-state index contributed by atoms with van der Waals surface area (Å²) in [6.07, 6.45) is 2.63. The van der Waals surface area contributed by atoms with Crippen molar-refractivity contribution in [2.45, 2.75) is 26.3 Å². The SMILES string of the molecule is CCC(C)C(N)C(=O)Nc1ccc2ncccc2c1. The van der Waals surface area contributed by atoms with Crippen LogP contribution in [0.3, 0.4) is 0 Å². The maximum atomic E-state index is 12.0. The van der Waals surface area contributed by atoms with Crippen LogP contribution in [0.4, 0.5) is 5.69 Å². The fourth-order valence-corrected chi connectivity index (χ4v) is 1.89. The summed E-state index contributed by atoms with van der Waals surface area (Å²) >= 11 is 0. The van der Waals surface area contributed by atoms with Crippen molar-refractivity contribution < 1.29 is 4.79 Å². The molecule has 2 unspecified atom stereocenters. The smallest absolute Gasteiger partial charge is 0.241 e. The van der Waals surface area contributed by atoms with Crippen LogP contribution in [0.1, 0.15) is 20.3 Å². The van der Waals surface area contributed by atoms with Crippen LogP contribution in [0.2, 0.25) is 0 Å². The molecule has 2 rings (SSSR count). The lowest BCUT2D eigenvalue weighted by Gasteiger charge is -2.17. The highest BCUT2D eigenvalue weighted by atomic mass is 16.2. The molecule has 19 heavy (non-hydrogen) atoms. The van der Waals surface area contributed by atoms with Gasteiger partial charge in [-0.05, 0) is 30.2 Å². The minimum Gasteiger partial charge on any atom is -0.325 e. The predicted octanol–water partition coefficient (Wildman–Crippen LogP) is 2.55. The van der Waals surface area contributed by atoms with Gasteiger partial charge in [0.15, 0.2) is 0 Å². The molecule has 1 amide bonds. The van der Waals surface area contributed by atoms with E-state index in [1.807, 2.05) is 44.2 Å². The number of amides is 1. The van der Waals surface area contributed by atoms with Gasteiger partial charge >= 0.3 is 0 Å². The van der Waals surface area contributed by atoms with Crippen LogP contribution in [-0.2, 0) is 4.79 Å². The Morgan fingerprint density at radius 1 is 1.42 bits per heavy atom. The zero-order valence-corrected chi connectivity index (χ0v) is 11.3. The summed E-state index contributed by atoms with van der Waals surface area (Å²) in [4.78, 5) is 16.2. The first-order chi connectivity index (χ1) is 9.11. The second-order valence-electron chi connectivity index (χ2n) is 4.81. The van der Waals surface area contributed by atoms with Gasteiger partial charge in [0, 0.05) is 17.3 Å². The first kappa shape index (κ1) is 13.5. The minimum atomic E-state index is -0.477. The van der Waals surface area contributed by atoms with Crippen LogP contribution in [0.5, 0.6) is 0 Å². The average molecular weight is 257 g/mol. The largest absolute Gasteiger partial charge is 0.325 e. The molecular formula is C15H19N3O. The lowest BCUT2D eigenvalue weighted by atomic mass is 9.99.